The van der Waals surface area contributed by atoms with E-state index in [4.69, 9.17) is 0 Å². The number of rotatable bonds is 4. The number of anilines is 1. The fourth-order valence-electron chi connectivity index (χ4n) is 2.83. The zero-order valence-corrected chi connectivity index (χ0v) is 14.4. The van der Waals surface area contributed by atoms with Crippen molar-refractivity contribution in [1.82, 2.24) is 14.8 Å². The number of benzene rings is 1. The van der Waals surface area contributed by atoms with Gasteiger partial charge in [-0.05, 0) is 49.2 Å². The lowest BCUT2D eigenvalue weighted by molar-refractivity contribution is -0.142. The Hall–Kier alpha value is -3.23. The van der Waals surface area contributed by atoms with Gasteiger partial charge >= 0.3 is 6.18 Å². The Morgan fingerprint density at radius 1 is 1.11 bits per heavy atom. The summed E-state index contributed by atoms with van der Waals surface area (Å²) >= 11 is 0. The van der Waals surface area contributed by atoms with E-state index in [-0.39, 0.29) is 17.3 Å². The molecule has 0 radical (unpaired) electrons. The van der Waals surface area contributed by atoms with Crippen LogP contribution in [0.5, 0.6) is 0 Å². The number of alkyl halides is 3. The van der Waals surface area contributed by atoms with Crippen LogP contribution in [0.2, 0.25) is 0 Å². The van der Waals surface area contributed by atoms with E-state index in [2.05, 4.69) is 15.4 Å². The fraction of sp³-hybridized carbons (Fsp3) is 0.211. The lowest BCUT2D eigenvalue weighted by Crippen LogP contribution is -2.15. The van der Waals surface area contributed by atoms with Gasteiger partial charge in [0.25, 0.3) is 5.91 Å². The van der Waals surface area contributed by atoms with Crippen molar-refractivity contribution < 1.29 is 22.4 Å². The highest BCUT2D eigenvalue weighted by Crippen LogP contribution is 2.42. The number of hydrogen-bond donors (Lipinski definition) is 1. The van der Waals surface area contributed by atoms with Gasteiger partial charge in [-0.1, -0.05) is 0 Å². The highest BCUT2D eigenvalue weighted by molar-refractivity contribution is 6.04. The summed E-state index contributed by atoms with van der Waals surface area (Å²) in [7, 11) is 0. The summed E-state index contributed by atoms with van der Waals surface area (Å²) in [4.78, 5) is 15.9. The van der Waals surface area contributed by atoms with Gasteiger partial charge in [0.05, 0.1) is 5.69 Å². The molecule has 1 amide bonds. The van der Waals surface area contributed by atoms with E-state index >= 15 is 0 Å². The summed E-state index contributed by atoms with van der Waals surface area (Å²) < 4.78 is 55.2. The van der Waals surface area contributed by atoms with Crippen LogP contribution in [0.3, 0.4) is 0 Å². The molecule has 0 unspecified atom stereocenters. The molecule has 1 aromatic carbocycles. The molecule has 1 fully saturated rings. The van der Waals surface area contributed by atoms with Crippen LogP contribution < -0.4 is 5.32 Å². The van der Waals surface area contributed by atoms with E-state index in [1.165, 1.54) is 30.6 Å². The Morgan fingerprint density at radius 2 is 1.82 bits per heavy atom. The van der Waals surface area contributed by atoms with Gasteiger partial charge in [0.15, 0.2) is 5.82 Å². The van der Waals surface area contributed by atoms with Gasteiger partial charge < -0.3 is 5.32 Å². The van der Waals surface area contributed by atoms with E-state index in [0.29, 0.717) is 15.9 Å². The quantitative estimate of drug-likeness (QED) is 0.665. The molecule has 1 N–H and O–H groups in total. The second-order valence-corrected chi connectivity index (χ2v) is 6.49. The average molecular weight is 390 g/mol. The lowest BCUT2D eigenvalue weighted by Gasteiger charge is -2.12. The topological polar surface area (TPSA) is 59.8 Å². The number of hydrogen-bond acceptors (Lipinski definition) is 3. The molecule has 28 heavy (non-hydrogen) atoms. The largest absolute Gasteiger partial charge is 0.433 e. The first-order chi connectivity index (χ1) is 13.3. The number of carbonyl (C=O) groups excluding carboxylic acids is 1. The minimum atomic E-state index is -4.67. The number of nitrogens with one attached hydrogen (secondary N) is 1. The SMILES string of the molecule is O=C(Nc1ccc(-n2nc(C3CC3)cc2C(F)(F)F)c(F)c1)c1ccncc1. The van der Waals surface area contributed by atoms with Gasteiger partial charge in [-0.25, -0.2) is 9.07 Å². The molecule has 0 bridgehead atoms. The van der Waals surface area contributed by atoms with Crippen LogP contribution in [-0.2, 0) is 6.18 Å². The molecular formula is C19H14F4N4O. The molecule has 4 rings (SSSR count). The van der Waals surface area contributed by atoms with Crippen LogP contribution in [0.1, 0.15) is 40.5 Å². The molecule has 1 aliphatic carbocycles. The van der Waals surface area contributed by atoms with E-state index in [0.717, 1.165) is 31.0 Å². The van der Waals surface area contributed by atoms with E-state index in [1.54, 1.807) is 0 Å². The van der Waals surface area contributed by atoms with Crippen LogP contribution in [0, 0.1) is 5.82 Å². The molecule has 144 valence electrons. The normalized spacial score (nSPS) is 14.1. The molecule has 3 aromatic rings. The molecule has 1 saturated carbocycles. The molecule has 0 spiro atoms. The zero-order valence-electron chi connectivity index (χ0n) is 14.4. The van der Waals surface area contributed by atoms with Gasteiger partial charge in [0, 0.05) is 29.6 Å². The Kier molecular flexibility index (Phi) is 4.37. The minimum absolute atomic E-state index is 0.00988. The average Bonchev–Trinajstić information content (AvgIpc) is 3.40. The molecule has 0 saturated heterocycles. The summed E-state index contributed by atoms with van der Waals surface area (Å²) in [5.41, 5.74) is -0.615. The monoisotopic (exact) mass is 390 g/mol. The first-order valence-electron chi connectivity index (χ1n) is 8.51. The molecule has 9 heteroatoms. The van der Waals surface area contributed by atoms with Crippen molar-refractivity contribution in [2.75, 3.05) is 5.32 Å². The Labute approximate surface area is 157 Å². The molecule has 2 heterocycles. The van der Waals surface area contributed by atoms with Crippen molar-refractivity contribution in [2.45, 2.75) is 24.9 Å². The second kappa shape index (κ2) is 6.74. The first kappa shape index (κ1) is 18.1. The highest BCUT2D eigenvalue weighted by Gasteiger charge is 2.39. The van der Waals surface area contributed by atoms with Crippen molar-refractivity contribution >= 4 is 11.6 Å². The zero-order chi connectivity index (χ0) is 19.9. The van der Waals surface area contributed by atoms with Crippen LogP contribution in [0.15, 0.2) is 48.8 Å². The first-order valence-corrected chi connectivity index (χ1v) is 8.51. The molecule has 1 aliphatic rings. The maximum atomic E-state index is 14.6. The molecule has 5 nitrogen and oxygen atoms in total. The fourth-order valence-corrected chi connectivity index (χ4v) is 2.83. The predicted octanol–water partition coefficient (Wildman–Crippen LogP) is 4.55. The maximum absolute atomic E-state index is 14.6. The summed E-state index contributed by atoms with van der Waals surface area (Å²) in [6.45, 7) is 0. The third kappa shape index (κ3) is 3.60. The molecular weight excluding hydrogens is 376 g/mol. The third-order valence-electron chi connectivity index (χ3n) is 4.39. The van der Waals surface area contributed by atoms with Gasteiger partial charge in [0.2, 0.25) is 0 Å². The van der Waals surface area contributed by atoms with Crippen LogP contribution in [0.25, 0.3) is 5.69 Å². The summed E-state index contributed by atoms with van der Waals surface area (Å²) in [5, 5.41) is 6.47. The van der Waals surface area contributed by atoms with Crippen LogP contribution in [-0.4, -0.2) is 20.7 Å². The lowest BCUT2D eigenvalue weighted by atomic mass is 10.2. The van der Waals surface area contributed by atoms with Crippen molar-refractivity contribution in [3.63, 3.8) is 0 Å². The predicted molar refractivity (Wildman–Crippen MR) is 92.7 cm³/mol. The number of amides is 1. The Balaban J connectivity index is 1.64. The molecule has 0 aliphatic heterocycles. The molecule has 2 aromatic heterocycles. The van der Waals surface area contributed by atoms with Crippen molar-refractivity contribution in [1.29, 1.82) is 0 Å². The highest BCUT2D eigenvalue weighted by atomic mass is 19.4. The third-order valence-corrected chi connectivity index (χ3v) is 4.39. The maximum Gasteiger partial charge on any atom is 0.433 e. The van der Waals surface area contributed by atoms with E-state index in [9.17, 15) is 22.4 Å². The van der Waals surface area contributed by atoms with Crippen LogP contribution in [0.4, 0.5) is 23.2 Å². The number of aromatic nitrogens is 3. The smallest absolute Gasteiger partial charge is 0.322 e. The number of halogens is 4. The Bertz CT molecular complexity index is 1030. The van der Waals surface area contributed by atoms with Gasteiger partial charge in [-0.15, -0.1) is 0 Å². The van der Waals surface area contributed by atoms with E-state index in [1.807, 2.05) is 0 Å². The van der Waals surface area contributed by atoms with Gasteiger partial charge in [-0.2, -0.15) is 18.3 Å². The van der Waals surface area contributed by atoms with Crippen molar-refractivity contribution in [2.24, 2.45) is 0 Å². The van der Waals surface area contributed by atoms with Crippen molar-refractivity contribution in [3.8, 4) is 5.69 Å². The molecule has 0 atom stereocenters. The summed E-state index contributed by atoms with van der Waals surface area (Å²) in [6.07, 6.45) is -0.243. The van der Waals surface area contributed by atoms with Gasteiger partial charge in [0.1, 0.15) is 11.4 Å². The number of pyridine rings is 1. The minimum Gasteiger partial charge on any atom is -0.322 e. The second-order valence-electron chi connectivity index (χ2n) is 6.49. The summed E-state index contributed by atoms with van der Waals surface area (Å²) in [5.74, 6) is -1.42. The van der Waals surface area contributed by atoms with E-state index < -0.39 is 23.6 Å². The summed E-state index contributed by atoms with van der Waals surface area (Å²) in [6, 6.07) is 7.40. The van der Waals surface area contributed by atoms with Gasteiger partial charge in [-0.3, -0.25) is 9.78 Å². The van der Waals surface area contributed by atoms with Crippen molar-refractivity contribution in [3.05, 3.63) is 71.6 Å². The Morgan fingerprint density at radius 3 is 2.43 bits per heavy atom. The number of carbonyl (C=O) groups is 1. The number of nitrogens with zero attached hydrogens (tertiary/aromatic N) is 3. The van der Waals surface area contributed by atoms with Crippen LogP contribution >= 0.6 is 0 Å². The standard InChI is InChI=1S/C19H14F4N4O/c20-14-9-13(25-18(28)12-5-7-24-8-6-12)3-4-16(14)27-17(19(21,22)23)10-15(26-27)11-1-2-11/h3-11H,1-2H2,(H,25,28).